The molecule has 2 heteroatoms. The van der Waals surface area contributed by atoms with E-state index in [4.69, 9.17) is 0 Å². The van der Waals surface area contributed by atoms with Crippen LogP contribution in [0.4, 0.5) is 0 Å². The molecule has 1 aromatic rings. The van der Waals surface area contributed by atoms with Crippen molar-refractivity contribution in [1.29, 1.82) is 0 Å². The number of rotatable bonds is 3. The van der Waals surface area contributed by atoms with E-state index in [0.29, 0.717) is 5.92 Å². The molecule has 1 heterocycles. The van der Waals surface area contributed by atoms with Gasteiger partial charge in [-0.25, -0.2) is 0 Å². The highest BCUT2D eigenvalue weighted by molar-refractivity contribution is 5.05. The Labute approximate surface area is 74.1 Å². The first-order valence-corrected chi connectivity index (χ1v) is 4.56. The van der Waals surface area contributed by atoms with Crippen LogP contribution in [0.1, 0.15) is 44.0 Å². The first-order chi connectivity index (χ1) is 5.77. The summed E-state index contributed by atoms with van der Waals surface area (Å²) in [5.74, 6) is 0.582. The Morgan fingerprint density at radius 1 is 1.17 bits per heavy atom. The maximum Gasteiger partial charge on any atom is 0.0617 e. The Balaban J connectivity index is 2.80. The van der Waals surface area contributed by atoms with Gasteiger partial charge in [-0.2, -0.15) is 0 Å². The lowest BCUT2D eigenvalue weighted by atomic mass is 10.0. The zero-order chi connectivity index (χ0) is 8.97. The van der Waals surface area contributed by atoms with Crippen molar-refractivity contribution < 1.29 is 0 Å². The first-order valence-electron chi connectivity index (χ1n) is 4.56. The largest absolute Gasteiger partial charge is 0.258 e. The molecule has 2 nitrogen and oxygen atoms in total. The van der Waals surface area contributed by atoms with Gasteiger partial charge in [0.1, 0.15) is 0 Å². The second kappa shape index (κ2) is 4.19. The molecule has 0 fully saturated rings. The zero-order valence-corrected chi connectivity index (χ0v) is 8.04. The highest BCUT2D eigenvalue weighted by atomic mass is 14.8. The molecule has 0 radical (unpaired) electrons. The number of nitrogens with zero attached hydrogens (tertiary/aromatic N) is 2. The van der Waals surface area contributed by atoms with Crippen LogP contribution < -0.4 is 0 Å². The predicted molar refractivity (Wildman–Crippen MR) is 50.1 cm³/mol. The van der Waals surface area contributed by atoms with E-state index >= 15 is 0 Å². The van der Waals surface area contributed by atoms with Crippen molar-refractivity contribution in [2.75, 3.05) is 0 Å². The average molecular weight is 164 g/mol. The third-order valence-corrected chi connectivity index (χ3v) is 2.20. The molecule has 0 bridgehead atoms. The monoisotopic (exact) mass is 164 g/mol. The van der Waals surface area contributed by atoms with Gasteiger partial charge in [0.2, 0.25) is 0 Å². The minimum absolute atomic E-state index is 0.582. The smallest absolute Gasteiger partial charge is 0.0617 e. The molecule has 0 aromatic carbocycles. The van der Waals surface area contributed by atoms with Gasteiger partial charge in [0.25, 0.3) is 0 Å². The summed E-state index contributed by atoms with van der Waals surface area (Å²) in [5, 5.41) is 0. The van der Waals surface area contributed by atoms with Crippen molar-refractivity contribution in [2.24, 2.45) is 0 Å². The third-order valence-electron chi connectivity index (χ3n) is 2.20. The summed E-state index contributed by atoms with van der Waals surface area (Å²) >= 11 is 0. The van der Waals surface area contributed by atoms with Crippen LogP contribution >= 0.6 is 0 Å². The van der Waals surface area contributed by atoms with Gasteiger partial charge in [-0.1, -0.05) is 13.8 Å². The van der Waals surface area contributed by atoms with Gasteiger partial charge >= 0.3 is 0 Å². The second-order valence-electron chi connectivity index (χ2n) is 3.10. The first kappa shape index (κ1) is 9.17. The fourth-order valence-corrected chi connectivity index (χ4v) is 1.32. The summed E-state index contributed by atoms with van der Waals surface area (Å²) in [4.78, 5) is 8.59. The number of hydrogen-bond donors (Lipinski definition) is 0. The summed E-state index contributed by atoms with van der Waals surface area (Å²) in [6.45, 7) is 6.34. The molecule has 12 heavy (non-hydrogen) atoms. The maximum atomic E-state index is 4.36. The van der Waals surface area contributed by atoms with Crippen LogP contribution in [0, 0.1) is 6.92 Å². The Bertz CT molecular complexity index is 224. The molecule has 0 aliphatic heterocycles. The lowest BCUT2D eigenvalue weighted by molar-refractivity contribution is 0.619. The van der Waals surface area contributed by atoms with Crippen molar-refractivity contribution in [1.82, 2.24) is 9.97 Å². The Hall–Kier alpha value is -0.920. The molecule has 0 saturated heterocycles. The fraction of sp³-hybridized carbons (Fsp3) is 0.600. The molecule has 0 N–H and O–H groups in total. The summed E-state index contributed by atoms with van der Waals surface area (Å²) in [5.41, 5.74) is 2.12. The standard InChI is InChI=1S/C10H16N2/c1-4-9(5-2)10-7-11-8(3)6-12-10/h6-7,9H,4-5H2,1-3H3. The van der Waals surface area contributed by atoms with Gasteiger partial charge in [0, 0.05) is 18.3 Å². The molecule has 0 spiro atoms. The maximum absolute atomic E-state index is 4.36. The van der Waals surface area contributed by atoms with E-state index in [2.05, 4.69) is 23.8 Å². The van der Waals surface area contributed by atoms with E-state index in [-0.39, 0.29) is 0 Å². The lowest BCUT2D eigenvalue weighted by Crippen LogP contribution is -1.99. The van der Waals surface area contributed by atoms with E-state index in [9.17, 15) is 0 Å². The van der Waals surface area contributed by atoms with Crippen molar-refractivity contribution in [2.45, 2.75) is 39.5 Å². The number of aromatic nitrogens is 2. The molecule has 1 aromatic heterocycles. The quantitative estimate of drug-likeness (QED) is 0.686. The van der Waals surface area contributed by atoms with Crippen LogP contribution in [0.3, 0.4) is 0 Å². The molecule has 0 aliphatic carbocycles. The van der Waals surface area contributed by atoms with E-state index in [1.807, 2.05) is 19.3 Å². The molecular formula is C10H16N2. The number of aryl methyl sites for hydroxylation is 1. The topological polar surface area (TPSA) is 25.8 Å². The summed E-state index contributed by atoms with van der Waals surface area (Å²) in [6.07, 6.45) is 6.03. The minimum Gasteiger partial charge on any atom is -0.258 e. The van der Waals surface area contributed by atoms with Crippen LogP contribution in [0.5, 0.6) is 0 Å². The summed E-state index contributed by atoms with van der Waals surface area (Å²) in [7, 11) is 0. The van der Waals surface area contributed by atoms with Crippen molar-refractivity contribution >= 4 is 0 Å². The molecule has 66 valence electrons. The third kappa shape index (κ3) is 2.03. The normalized spacial score (nSPS) is 10.7. The highest BCUT2D eigenvalue weighted by Gasteiger charge is 2.07. The van der Waals surface area contributed by atoms with Crippen molar-refractivity contribution in [3.8, 4) is 0 Å². The van der Waals surface area contributed by atoms with E-state index in [1.165, 1.54) is 0 Å². The van der Waals surface area contributed by atoms with Gasteiger partial charge in [0.15, 0.2) is 0 Å². The van der Waals surface area contributed by atoms with Gasteiger partial charge in [-0.15, -0.1) is 0 Å². The van der Waals surface area contributed by atoms with Gasteiger partial charge in [0.05, 0.1) is 11.4 Å². The van der Waals surface area contributed by atoms with Crippen LogP contribution in [0.2, 0.25) is 0 Å². The van der Waals surface area contributed by atoms with Crippen LogP contribution in [-0.4, -0.2) is 9.97 Å². The van der Waals surface area contributed by atoms with Crippen LogP contribution in [-0.2, 0) is 0 Å². The average Bonchev–Trinajstić information content (AvgIpc) is 2.10. The van der Waals surface area contributed by atoms with Gasteiger partial charge in [-0.3, -0.25) is 9.97 Å². The second-order valence-corrected chi connectivity index (χ2v) is 3.10. The molecule has 0 amide bonds. The molecule has 0 aliphatic rings. The molecule has 0 unspecified atom stereocenters. The van der Waals surface area contributed by atoms with Crippen molar-refractivity contribution in [3.05, 3.63) is 23.8 Å². The minimum atomic E-state index is 0.582. The molecule has 1 rings (SSSR count). The van der Waals surface area contributed by atoms with E-state index in [1.54, 1.807) is 0 Å². The van der Waals surface area contributed by atoms with Crippen LogP contribution in [0.15, 0.2) is 12.4 Å². The van der Waals surface area contributed by atoms with Gasteiger partial charge in [-0.05, 0) is 19.8 Å². The number of hydrogen-bond acceptors (Lipinski definition) is 2. The lowest BCUT2D eigenvalue weighted by Gasteiger charge is -2.10. The highest BCUT2D eigenvalue weighted by Crippen LogP contribution is 2.19. The van der Waals surface area contributed by atoms with E-state index < -0.39 is 0 Å². The zero-order valence-electron chi connectivity index (χ0n) is 8.04. The summed E-state index contributed by atoms with van der Waals surface area (Å²) in [6, 6.07) is 0. The van der Waals surface area contributed by atoms with Crippen LogP contribution in [0.25, 0.3) is 0 Å². The predicted octanol–water partition coefficient (Wildman–Crippen LogP) is 2.69. The van der Waals surface area contributed by atoms with Crippen molar-refractivity contribution in [3.63, 3.8) is 0 Å². The molecule has 0 saturated carbocycles. The van der Waals surface area contributed by atoms with E-state index in [0.717, 1.165) is 24.2 Å². The Kier molecular flexibility index (Phi) is 3.20. The summed E-state index contributed by atoms with van der Waals surface area (Å²) < 4.78 is 0. The van der Waals surface area contributed by atoms with Gasteiger partial charge < -0.3 is 0 Å². The molecular weight excluding hydrogens is 148 g/mol. The Morgan fingerprint density at radius 3 is 2.25 bits per heavy atom. The fourth-order valence-electron chi connectivity index (χ4n) is 1.32. The Morgan fingerprint density at radius 2 is 1.83 bits per heavy atom. The SMILES string of the molecule is CCC(CC)c1cnc(C)cn1. The molecule has 0 atom stereocenters.